The average Bonchev–Trinajstić information content (AvgIpc) is 2.73. The lowest BCUT2D eigenvalue weighted by Crippen LogP contribution is -2.13. The molecular formula is C15H17NO2. The molecule has 0 bridgehead atoms. The first kappa shape index (κ1) is 12.4. The molecule has 0 atom stereocenters. The van der Waals surface area contributed by atoms with Crippen molar-refractivity contribution in [2.24, 2.45) is 5.92 Å². The number of benzene rings is 1. The van der Waals surface area contributed by atoms with Crippen LogP contribution >= 0.6 is 0 Å². The van der Waals surface area contributed by atoms with E-state index in [1.54, 1.807) is 6.07 Å². The SMILES string of the molecule is CC(C)Cn1c(C(=O)O)ccc1-c1ccccc1. The van der Waals surface area contributed by atoms with Crippen molar-refractivity contribution < 1.29 is 9.90 Å². The lowest BCUT2D eigenvalue weighted by atomic mass is 10.1. The second kappa shape index (κ2) is 5.08. The molecule has 2 aromatic rings. The van der Waals surface area contributed by atoms with Crippen LogP contribution in [0.25, 0.3) is 11.3 Å². The Balaban J connectivity index is 2.51. The molecule has 1 aromatic carbocycles. The van der Waals surface area contributed by atoms with Crippen molar-refractivity contribution in [3.05, 3.63) is 48.2 Å². The van der Waals surface area contributed by atoms with E-state index in [9.17, 15) is 9.90 Å². The Morgan fingerprint density at radius 2 is 1.83 bits per heavy atom. The molecule has 3 heteroatoms. The van der Waals surface area contributed by atoms with Crippen LogP contribution in [-0.4, -0.2) is 15.6 Å². The average molecular weight is 243 g/mol. The summed E-state index contributed by atoms with van der Waals surface area (Å²) in [6.07, 6.45) is 0. The Kier molecular flexibility index (Phi) is 3.51. The highest BCUT2D eigenvalue weighted by molar-refractivity contribution is 5.87. The Morgan fingerprint density at radius 1 is 1.17 bits per heavy atom. The fourth-order valence-corrected chi connectivity index (χ4v) is 2.08. The fourth-order valence-electron chi connectivity index (χ4n) is 2.08. The number of nitrogens with zero attached hydrogens (tertiary/aromatic N) is 1. The number of hydrogen-bond acceptors (Lipinski definition) is 1. The third-order valence-corrected chi connectivity index (χ3v) is 2.82. The van der Waals surface area contributed by atoms with Gasteiger partial charge < -0.3 is 9.67 Å². The van der Waals surface area contributed by atoms with E-state index in [4.69, 9.17) is 0 Å². The number of hydrogen-bond donors (Lipinski definition) is 1. The Labute approximate surface area is 107 Å². The summed E-state index contributed by atoms with van der Waals surface area (Å²) in [6, 6.07) is 13.4. The summed E-state index contributed by atoms with van der Waals surface area (Å²) in [4.78, 5) is 11.2. The second-order valence-corrected chi connectivity index (χ2v) is 4.78. The molecule has 0 saturated carbocycles. The lowest BCUT2D eigenvalue weighted by Gasteiger charge is -2.14. The van der Waals surface area contributed by atoms with E-state index in [1.165, 1.54) is 0 Å². The zero-order chi connectivity index (χ0) is 13.1. The van der Waals surface area contributed by atoms with Crippen molar-refractivity contribution in [2.75, 3.05) is 0 Å². The summed E-state index contributed by atoms with van der Waals surface area (Å²) in [5.41, 5.74) is 2.36. The van der Waals surface area contributed by atoms with Gasteiger partial charge in [-0.3, -0.25) is 0 Å². The standard InChI is InChI=1S/C15H17NO2/c1-11(2)10-16-13(8-9-14(16)15(17)18)12-6-4-3-5-7-12/h3-9,11H,10H2,1-2H3,(H,17,18). The molecule has 0 aliphatic heterocycles. The number of rotatable bonds is 4. The molecule has 0 spiro atoms. The van der Waals surface area contributed by atoms with Crippen molar-refractivity contribution in [1.82, 2.24) is 4.57 Å². The molecule has 1 aromatic heterocycles. The van der Waals surface area contributed by atoms with E-state index in [-0.39, 0.29) is 0 Å². The van der Waals surface area contributed by atoms with E-state index < -0.39 is 5.97 Å². The summed E-state index contributed by atoms with van der Waals surface area (Å²) >= 11 is 0. The molecule has 3 nitrogen and oxygen atoms in total. The van der Waals surface area contributed by atoms with Gasteiger partial charge in [0.2, 0.25) is 0 Å². The highest BCUT2D eigenvalue weighted by Gasteiger charge is 2.15. The minimum absolute atomic E-state index is 0.350. The molecule has 18 heavy (non-hydrogen) atoms. The highest BCUT2D eigenvalue weighted by Crippen LogP contribution is 2.23. The number of carbonyl (C=O) groups is 1. The largest absolute Gasteiger partial charge is 0.477 e. The summed E-state index contributed by atoms with van der Waals surface area (Å²) < 4.78 is 1.88. The van der Waals surface area contributed by atoms with Crippen LogP contribution in [0.15, 0.2) is 42.5 Å². The molecule has 2 rings (SSSR count). The molecule has 0 amide bonds. The van der Waals surface area contributed by atoms with Gasteiger partial charge in [-0.15, -0.1) is 0 Å². The van der Waals surface area contributed by atoms with E-state index in [0.29, 0.717) is 18.2 Å². The first-order chi connectivity index (χ1) is 8.59. The van der Waals surface area contributed by atoms with E-state index >= 15 is 0 Å². The minimum Gasteiger partial charge on any atom is -0.477 e. The second-order valence-electron chi connectivity index (χ2n) is 4.78. The summed E-state index contributed by atoms with van der Waals surface area (Å²) in [5.74, 6) is -0.476. The lowest BCUT2D eigenvalue weighted by molar-refractivity contribution is 0.0684. The number of aromatic carboxylic acids is 1. The van der Waals surface area contributed by atoms with E-state index in [2.05, 4.69) is 13.8 Å². The van der Waals surface area contributed by atoms with Crippen LogP contribution in [0.5, 0.6) is 0 Å². The van der Waals surface area contributed by atoms with Gasteiger partial charge in [0.1, 0.15) is 5.69 Å². The Morgan fingerprint density at radius 3 is 2.39 bits per heavy atom. The van der Waals surface area contributed by atoms with Gasteiger partial charge in [-0.05, 0) is 23.6 Å². The smallest absolute Gasteiger partial charge is 0.352 e. The Bertz CT molecular complexity index is 541. The third-order valence-electron chi connectivity index (χ3n) is 2.82. The van der Waals surface area contributed by atoms with Gasteiger partial charge in [0.15, 0.2) is 0 Å². The topological polar surface area (TPSA) is 42.2 Å². The maximum Gasteiger partial charge on any atom is 0.352 e. The summed E-state index contributed by atoms with van der Waals surface area (Å²) in [6.45, 7) is 4.87. The monoisotopic (exact) mass is 243 g/mol. The predicted molar refractivity (Wildman–Crippen MR) is 71.7 cm³/mol. The first-order valence-corrected chi connectivity index (χ1v) is 6.08. The zero-order valence-electron chi connectivity index (χ0n) is 10.6. The van der Waals surface area contributed by atoms with Crippen LogP contribution in [-0.2, 0) is 6.54 Å². The van der Waals surface area contributed by atoms with Crippen molar-refractivity contribution in [3.8, 4) is 11.3 Å². The quantitative estimate of drug-likeness (QED) is 0.892. The zero-order valence-corrected chi connectivity index (χ0v) is 10.6. The molecule has 94 valence electrons. The summed E-state index contributed by atoms with van der Waals surface area (Å²) in [7, 11) is 0. The van der Waals surface area contributed by atoms with Crippen LogP contribution in [0.1, 0.15) is 24.3 Å². The van der Waals surface area contributed by atoms with Crippen molar-refractivity contribution >= 4 is 5.97 Å². The Hall–Kier alpha value is -2.03. The highest BCUT2D eigenvalue weighted by atomic mass is 16.4. The molecule has 0 aliphatic carbocycles. The van der Waals surface area contributed by atoms with Gasteiger partial charge in [0.05, 0.1) is 0 Å². The number of carboxylic acids is 1. The van der Waals surface area contributed by atoms with E-state index in [0.717, 1.165) is 11.3 Å². The molecular weight excluding hydrogens is 226 g/mol. The predicted octanol–water partition coefficient (Wildman–Crippen LogP) is 3.51. The maximum absolute atomic E-state index is 11.2. The van der Waals surface area contributed by atoms with Crippen LogP contribution in [0, 0.1) is 5.92 Å². The van der Waals surface area contributed by atoms with Crippen LogP contribution in [0.4, 0.5) is 0 Å². The fraction of sp³-hybridized carbons (Fsp3) is 0.267. The molecule has 0 saturated heterocycles. The van der Waals surface area contributed by atoms with Gasteiger partial charge in [0, 0.05) is 12.2 Å². The van der Waals surface area contributed by atoms with Gasteiger partial charge in [-0.2, -0.15) is 0 Å². The van der Waals surface area contributed by atoms with Gasteiger partial charge >= 0.3 is 5.97 Å². The van der Waals surface area contributed by atoms with Crippen LogP contribution < -0.4 is 0 Å². The van der Waals surface area contributed by atoms with E-state index in [1.807, 2.05) is 41.0 Å². The van der Waals surface area contributed by atoms with Crippen LogP contribution in [0.3, 0.4) is 0 Å². The number of aromatic nitrogens is 1. The molecule has 1 heterocycles. The first-order valence-electron chi connectivity index (χ1n) is 6.08. The summed E-state index contributed by atoms with van der Waals surface area (Å²) in [5, 5.41) is 9.22. The van der Waals surface area contributed by atoms with Crippen molar-refractivity contribution in [1.29, 1.82) is 0 Å². The van der Waals surface area contributed by atoms with Gasteiger partial charge in [-0.25, -0.2) is 4.79 Å². The molecule has 0 radical (unpaired) electrons. The van der Waals surface area contributed by atoms with Crippen molar-refractivity contribution in [2.45, 2.75) is 20.4 Å². The minimum atomic E-state index is -0.877. The molecule has 0 fully saturated rings. The van der Waals surface area contributed by atoms with Gasteiger partial charge in [0.25, 0.3) is 0 Å². The maximum atomic E-state index is 11.2. The van der Waals surface area contributed by atoms with Gasteiger partial charge in [-0.1, -0.05) is 44.2 Å². The van der Waals surface area contributed by atoms with Crippen molar-refractivity contribution in [3.63, 3.8) is 0 Å². The van der Waals surface area contributed by atoms with Crippen LogP contribution in [0.2, 0.25) is 0 Å². The normalized spacial score (nSPS) is 10.8. The molecule has 1 N–H and O–H groups in total. The molecule has 0 aliphatic rings. The third kappa shape index (κ3) is 2.45. The number of carboxylic acid groups (broad SMARTS) is 1. The molecule has 0 unspecified atom stereocenters.